The maximum Gasteiger partial charge on any atom is 0.341 e. The smallest absolute Gasteiger partial charge is 0.341 e. The van der Waals surface area contributed by atoms with Crippen molar-refractivity contribution in [2.45, 2.75) is 6.61 Å². The second kappa shape index (κ2) is 5.71. The summed E-state index contributed by atoms with van der Waals surface area (Å²) in [6.07, 6.45) is 1.45. The number of hydrogen-bond donors (Lipinski definition) is 0. The summed E-state index contributed by atoms with van der Waals surface area (Å²) in [4.78, 5) is 11.6. The summed E-state index contributed by atoms with van der Waals surface area (Å²) in [5.41, 5.74) is 0.387. The standard InChI is InChI=1S/C17H14O4/c1-19-17(18)14-9-10-20-16(14)11-21-15-8-4-6-12-5-2-3-7-13(12)15/h2-10H,11H2,1H3. The molecule has 0 bridgehead atoms. The molecule has 0 saturated carbocycles. The Morgan fingerprint density at radius 3 is 2.76 bits per heavy atom. The van der Waals surface area contributed by atoms with Crippen molar-refractivity contribution in [2.75, 3.05) is 7.11 Å². The van der Waals surface area contributed by atoms with Crippen molar-refractivity contribution in [3.8, 4) is 5.75 Å². The van der Waals surface area contributed by atoms with E-state index in [0.29, 0.717) is 11.3 Å². The number of carbonyl (C=O) groups is 1. The van der Waals surface area contributed by atoms with Crippen LogP contribution in [0.2, 0.25) is 0 Å². The highest BCUT2D eigenvalue weighted by atomic mass is 16.5. The second-order valence-electron chi connectivity index (χ2n) is 4.51. The van der Waals surface area contributed by atoms with Crippen molar-refractivity contribution in [3.05, 3.63) is 66.1 Å². The lowest BCUT2D eigenvalue weighted by Crippen LogP contribution is -2.05. The molecule has 0 spiro atoms. The van der Waals surface area contributed by atoms with Gasteiger partial charge in [0.2, 0.25) is 0 Å². The zero-order valence-corrected chi connectivity index (χ0v) is 11.5. The highest BCUT2D eigenvalue weighted by molar-refractivity contribution is 5.90. The number of esters is 1. The van der Waals surface area contributed by atoms with Gasteiger partial charge in [-0.2, -0.15) is 0 Å². The van der Waals surface area contributed by atoms with Gasteiger partial charge in [-0.25, -0.2) is 4.79 Å². The van der Waals surface area contributed by atoms with Crippen LogP contribution in [0.25, 0.3) is 10.8 Å². The van der Waals surface area contributed by atoms with E-state index >= 15 is 0 Å². The minimum atomic E-state index is -0.430. The fraction of sp³-hybridized carbons (Fsp3) is 0.118. The van der Waals surface area contributed by atoms with E-state index in [-0.39, 0.29) is 6.61 Å². The van der Waals surface area contributed by atoms with E-state index in [1.807, 2.05) is 42.5 Å². The number of rotatable bonds is 4. The Bertz CT molecular complexity index is 768. The molecule has 1 aromatic heterocycles. The molecule has 4 nitrogen and oxygen atoms in total. The maximum absolute atomic E-state index is 11.6. The van der Waals surface area contributed by atoms with E-state index in [2.05, 4.69) is 0 Å². The van der Waals surface area contributed by atoms with E-state index in [0.717, 1.165) is 16.5 Å². The quantitative estimate of drug-likeness (QED) is 0.683. The first-order valence-corrected chi connectivity index (χ1v) is 6.55. The first kappa shape index (κ1) is 13.2. The molecule has 0 radical (unpaired) electrons. The van der Waals surface area contributed by atoms with Crippen molar-refractivity contribution in [2.24, 2.45) is 0 Å². The Hall–Kier alpha value is -2.75. The Morgan fingerprint density at radius 2 is 1.90 bits per heavy atom. The molecule has 4 heteroatoms. The van der Waals surface area contributed by atoms with Crippen LogP contribution in [0, 0.1) is 0 Å². The lowest BCUT2D eigenvalue weighted by molar-refractivity contribution is 0.0595. The summed E-state index contributed by atoms with van der Waals surface area (Å²) in [6, 6.07) is 15.4. The van der Waals surface area contributed by atoms with Crippen molar-refractivity contribution >= 4 is 16.7 Å². The summed E-state index contributed by atoms with van der Waals surface area (Å²) in [5.74, 6) is 0.773. The number of benzene rings is 2. The van der Waals surface area contributed by atoms with Crippen LogP contribution in [-0.2, 0) is 11.3 Å². The molecule has 0 N–H and O–H groups in total. The molecule has 0 amide bonds. The molecule has 106 valence electrons. The molecule has 0 saturated heterocycles. The third kappa shape index (κ3) is 2.60. The van der Waals surface area contributed by atoms with Gasteiger partial charge in [0.05, 0.1) is 13.4 Å². The van der Waals surface area contributed by atoms with E-state index in [9.17, 15) is 4.79 Å². The molecule has 0 atom stereocenters. The summed E-state index contributed by atoms with van der Waals surface area (Å²) in [5, 5.41) is 2.12. The maximum atomic E-state index is 11.6. The Morgan fingerprint density at radius 1 is 1.10 bits per heavy atom. The first-order valence-electron chi connectivity index (χ1n) is 6.55. The fourth-order valence-corrected chi connectivity index (χ4v) is 2.21. The molecule has 2 aromatic carbocycles. The van der Waals surface area contributed by atoms with Gasteiger partial charge in [0.25, 0.3) is 0 Å². The SMILES string of the molecule is COC(=O)c1ccoc1COc1cccc2ccccc12. The van der Waals surface area contributed by atoms with Gasteiger partial charge >= 0.3 is 5.97 Å². The summed E-state index contributed by atoms with van der Waals surface area (Å²) < 4.78 is 15.8. The normalized spacial score (nSPS) is 10.5. The average molecular weight is 282 g/mol. The van der Waals surface area contributed by atoms with Crippen molar-refractivity contribution in [1.82, 2.24) is 0 Å². The van der Waals surface area contributed by atoms with Crippen LogP contribution in [0.5, 0.6) is 5.75 Å². The number of methoxy groups -OCH3 is 1. The molecule has 0 aliphatic heterocycles. The molecule has 0 aliphatic carbocycles. The van der Waals surface area contributed by atoms with Crippen molar-refractivity contribution in [1.29, 1.82) is 0 Å². The summed E-state index contributed by atoms with van der Waals surface area (Å²) in [7, 11) is 1.34. The lowest BCUT2D eigenvalue weighted by atomic mass is 10.1. The van der Waals surface area contributed by atoms with E-state index in [1.165, 1.54) is 13.4 Å². The van der Waals surface area contributed by atoms with Crippen LogP contribution >= 0.6 is 0 Å². The zero-order chi connectivity index (χ0) is 14.7. The highest BCUT2D eigenvalue weighted by Crippen LogP contribution is 2.26. The summed E-state index contributed by atoms with van der Waals surface area (Å²) >= 11 is 0. The van der Waals surface area contributed by atoms with Gasteiger partial charge in [-0.15, -0.1) is 0 Å². The van der Waals surface area contributed by atoms with E-state index in [1.54, 1.807) is 6.07 Å². The molecule has 0 aliphatic rings. The summed E-state index contributed by atoms with van der Waals surface area (Å²) in [6.45, 7) is 0.172. The van der Waals surface area contributed by atoms with E-state index in [4.69, 9.17) is 13.9 Å². The number of carbonyl (C=O) groups excluding carboxylic acids is 1. The Kier molecular flexibility index (Phi) is 3.60. The predicted octanol–water partition coefficient (Wildman–Crippen LogP) is 3.80. The van der Waals surface area contributed by atoms with Gasteiger partial charge < -0.3 is 13.9 Å². The van der Waals surface area contributed by atoms with E-state index < -0.39 is 5.97 Å². The van der Waals surface area contributed by atoms with Gasteiger partial charge in [0, 0.05) is 5.39 Å². The van der Waals surface area contributed by atoms with Crippen LogP contribution in [0.1, 0.15) is 16.1 Å². The average Bonchev–Trinajstić information content (AvgIpc) is 3.00. The minimum Gasteiger partial charge on any atom is -0.485 e. The molecule has 3 rings (SSSR count). The van der Waals surface area contributed by atoms with Crippen molar-refractivity contribution in [3.63, 3.8) is 0 Å². The Labute approximate surface area is 121 Å². The zero-order valence-electron chi connectivity index (χ0n) is 11.5. The number of furan rings is 1. The van der Waals surface area contributed by atoms with Gasteiger partial charge in [0.1, 0.15) is 17.9 Å². The molecule has 21 heavy (non-hydrogen) atoms. The second-order valence-corrected chi connectivity index (χ2v) is 4.51. The Balaban J connectivity index is 1.84. The molecule has 3 aromatic rings. The fourth-order valence-electron chi connectivity index (χ4n) is 2.21. The largest absolute Gasteiger partial charge is 0.485 e. The topological polar surface area (TPSA) is 48.7 Å². The third-order valence-corrected chi connectivity index (χ3v) is 3.26. The van der Waals surface area contributed by atoms with Gasteiger partial charge in [-0.05, 0) is 17.5 Å². The lowest BCUT2D eigenvalue weighted by Gasteiger charge is -2.08. The molecular formula is C17H14O4. The van der Waals surface area contributed by atoms with Gasteiger partial charge in [-0.3, -0.25) is 0 Å². The molecule has 0 fully saturated rings. The van der Waals surface area contributed by atoms with Crippen LogP contribution in [0.4, 0.5) is 0 Å². The molecule has 0 unspecified atom stereocenters. The third-order valence-electron chi connectivity index (χ3n) is 3.26. The van der Waals surface area contributed by atoms with Crippen LogP contribution < -0.4 is 4.74 Å². The van der Waals surface area contributed by atoms with Crippen LogP contribution in [0.15, 0.2) is 59.2 Å². The van der Waals surface area contributed by atoms with Crippen LogP contribution in [-0.4, -0.2) is 13.1 Å². The monoisotopic (exact) mass is 282 g/mol. The molecule has 1 heterocycles. The minimum absolute atomic E-state index is 0.172. The van der Waals surface area contributed by atoms with Gasteiger partial charge in [0.15, 0.2) is 5.76 Å². The van der Waals surface area contributed by atoms with Crippen molar-refractivity contribution < 1.29 is 18.7 Å². The number of ether oxygens (including phenoxy) is 2. The first-order chi connectivity index (χ1) is 10.3. The van der Waals surface area contributed by atoms with Crippen LogP contribution in [0.3, 0.4) is 0 Å². The number of hydrogen-bond acceptors (Lipinski definition) is 4. The predicted molar refractivity (Wildman–Crippen MR) is 78.3 cm³/mol. The highest BCUT2D eigenvalue weighted by Gasteiger charge is 2.15. The number of fused-ring (bicyclic) bond motifs is 1. The molecular weight excluding hydrogens is 268 g/mol. The van der Waals surface area contributed by atoms with Gasteiger partial charge in [-0.1, -0.05) is 36.4 Å².